The molecule has 0 aromatic heterocycles. The summed E-state index contributed by atoms with van der Waals surface area (Å²) in [4.78, 5) is 58.7. The van der Waals surface area contributed by atoms with E-state index in [1.165, 1.54) is 11.8 Å². The van der Waals surface area contributed by atoms with E-state index in [9.17, 15) is 24.0 Å². The smallest absolute Gasteiger partial charge is 0.322 e. The van der Waals surface area contributed by atoms with Crippen molar-refractivity contribution in [3.63, 3.8) is 0 Å². The van der Waals surface area contributed by atoms with Crippen LogP contribution in [0.5, 0.6) is 0 Å². The van der Waals surface area contributed by atoms with E-state index in [0.29, 0.717) is 12.2 Å². The van der Waals surface area contributed by atoms with E-state index >= 15 is 0 Å². The van der Waals surface area contributed by atoms with Crippen molar-refractivity contribution >= 4 is 41.4 Å². The van der Waals surface area contributed by atoms with Crippen LogP contribution in [0.1, 0.15) is 39.5 Å². The Kier molecular flexibility index (Phi) is 13.5. The van der Waals surface area contributed by atoms with E-state index in [4.69, 9.17) is 15.9 Å². The first-order chi connectivity index (χ1) is 14.0. The molecule has 0 bridgehead atoms. The minimum Gasteiger partial charge on any atom is -0.481 e. The fourth-order valence-electron chi connectivity index (χ4n) is 2.45. The van der Waals surface area contributed by atoms with Crippen molar-refractivity contribution < 1.29 is 34.2 Å². The van der Waals surface area contributed by atoms with Crippen molar-refractivity contribution in [3.8, 4) is 0 Å². The number of nitrogens with one attached hydrogen (secondary N) is 3. The van der Waals surface area contributed by atoms with Gasteiger partial charge in [0, 0.05) is 6.42 Å². The molecular weight excluding hydrogens is 416 g/mol. The Morgan fingerprint density at radius 1 is 0.900 bits per heavy atom. The maximum atomic E-state index is 12.7. The molecule has 0 spiro atoms. The SMILES string of the molecule is CSCCC(N)C(=O)NC(CC(C)C)C(=O)NC(CCC(=O)O)C(=O)NCC(=O)O. The van der Waals surface area contributed by atoms with E-state index in [1.807, 2.05) is 20.1 Å². The molecule has 3 atom stereocenters. The summed E-state index contributed by atoms with van der Waals surface area (Å²) >= 11 is 1.54. The number of rotatable bonds is 15. The summed E-state index contributed by atoms with van der Waals surface area (Å²) in [5.41, 5.74) is 5.84. The summed E-state index contributed by atoms with van der Waals surface area (Å²) in [7, 11) is 0. The molecule has 0 aliphatic rings. The quantitative estimate of drug-likeness (QED) is 0.185. The molecule has 0 aromatic carbocycles. The number of hydrogen-bond donors (Lipinski definition) is 6. The van der Waals surface area contributed by atoms with Crippen molar-refractivity contribution in [2.24, 2.45) is 11.7 Å². The zero-order valence-electron chi connectivity index (χ0n) is 17.5. The Labute approximate surface area is 179 Å². The molecule has 7 N–H and O–H groups in total. The number of hydrogen-bond acceptors (Lipinski definition) is 7. The zero-order chi connectivity index (χ0) is 23.3. The lowest BCUT2D eigenvalue weighted by Crippen LogP contribution is -2.56. The highest BCUT2D eigenvalue weighted by molar-refractivity contribution is 7.98. The first kappa shape index (κ1) is 27.7. The fraction of sp³-hybridized carbons (Fsp3) is 0.722. The monoisotopic (exact) mass is 448 g/mol. The van der Waals surface area contributed by atoms with Crippen LogP contribution in [0.15, 0.2) is 0 Å². The van der Waals surface area contributed by atoms with Crippen LogP contribution in [0, 0.1) is 5.92 Å². The number of carbonyl (C=O) groups excluding carboxylic acids is 3. The number of carbonyl (C=O) groups is 5. The van der Waals surface area contributed by atoms with Crippen molar-refractivity contribution in [1.82, 2.24) is 16.0 Å². The largest absolute Gasteiger partial charge is 0.481 e. The summed E-state index contributed by atoms with van der Waals surface area (Å²) in [5.74, 6) is -3.74. The molecule has 0 aliphatic heterocycles. The van der Waals surface area contributed by atoms with Crippen LogP contribution in [-0.2, 0) is 24.0 Å². The van der Waals surface area contributed by atoms with Crippen LogP contribution in [0.2, 0.25) is 0 Å². The third-order valence-electron chi connectivity index (χ3n) is 4.00. The van der Waals surface area contributed by atoms with Gasteiger partial charge in [0.15, 0.2) is 0 Å². The van der Waals surface area contributed by atoms with Crippen LogP contribution >= 0.6 is 11.8 Å². The third-order valence-corrected chi connectivity index (χ3v) is 4.65. The van der Waals surface area contributed by atoms with E-state index in [2.05, 4.69) is 16.0 Å². The first-order valence-electron chi connectivity index (χ1n) is 9.54. The molecule has 0 aliphatic carbocycles. The Morgan fingerprint density at radius 3 is 2.00 bits per heavy atom. The van der Waals surface area contributed by atoms with Gasteiger partial charge in [-0.25, -0.2) is 0 Å². The standard InChI is InChI=1S/C18H32N4O7S/c1-10(2)8-13(22-16(27)11(19)6-7-30-3)18(29)21-12(4-5-14(23)24)17(28)20-9-15(25)26/h10-13H,4-9,19H2,1-3H3,(H,20,28)(H,21,29)(H,22,27)(H,23,24)(H,25,26). The number of aliphatic carboxylic acids is 2. The van der Waals surface area contributed by atoms with Crippen molar-refractivity contribution in [2.75, 3.05) is 18.6 Å². The minimum absolute atomic E-state index is 0.0294. The molecule has 0 saturated carbocycles. The Bertz CT molecular complexity index is 615. The Morgan fingerprint density at radius 2 is 1.50 bits per heavy atom. The summed E-state index contributed by atoms with van der Waals surface area (Å²) in [6.45, 7) is 3.03. The highest BCUT2D eigenvalue weighted by Crippen LogP contribution is 2.08. The predicted octanol–water partition coefficient (Wildman–Crippen LogP) is -0.852. The maximum Gasteiger partial charge on any atom is 0.322 e. The van der Waals surface area contributed by atoms with Gasteiger partial charge in [-0.1, -0.05) is 13.8 Å². The molecule has 0 saturated heterocycles. The average Bonchev–Trinajstić information content (AvgIpc) is 2.65. The molecule has 0 aromatic rings. The number of nitrogens with two attached hydrogens (primary N) is 1. The van der Waals surface area contributed by atoms with Crippen LogP contribution in [-0.4, -0.2) is 76.6 Å². The number of thioether (sulfide) groups is 1. The topological polar surface area (TPSA) is 188 Å². The van der Waals surface area contributed by atoms with Crippen LogP contribution in [0.25, 0.3) is 0 Å². The highest BCUT2D eigenvalue weighted by Gasteiger charge is 2.29. The van der Waals surface area contributed by atoms with E-state index in [1.54, 1.807) is 0 Å². The molecule has 0 heterocycles. The van der Waals surface area contributed by atoms with Gasteiger partial charge >= 0.3 is 11.9 Å². The van der Waals surface area contributed by atoms with E-state index in [-0.39, 0.29) is 18.8 Å². The maximum absolute atomic E-state index is 12.7. The summed E-state index contributed by atoms with van der Waals surface area (Å²) < 4.78 is 0. The van der Waals surface area contributed by atoms with E-state index < -0.39 is 60.8 Å². The first-order valence-corrected chi connectivity index (χ1v) is 10.9. The molecule has 3 unspecified atom stereocenters. The van der Waals surface area contributed by atoms with Crippen LogP contribution in [0.4, 0.5) is 0 Å². The van der Waals surface area contributed by atoms with Crippen molar-refractivity contribution in [1.29, 1.82) is 0 Å². The van der Waals surface area contributed by atoms with Gasteiger partial charge in [-0.05, 0) is 37.2 Å². The van der Waals surface area contributed by atoms with Gasteiger partial charge in [-0.2, -0.15) is 11.8 Å². The molecule has 12 heteroatoms. The van der Waals surface area contributed by atoms with Crippen molar-refractivity contribution in [2.45, 2.75) is 57.7 Å². The second-order valence-corrected chi connectivity index (χ2v) is 8.17. The Balaban J connectivity index is 5.24. The molecular formula is C18H32N4O7S. The van der Waals surface area contributed by atoms with Gasteiger partial charge in [-0.15, -0.1) is 0 Å². The lowest BCUT2D eigenvalue weighted by atomic mass is 10.0. The fourth-order valence-corrected chi connectivity index (χ4v) is 2.94. The predicted molar refractivity (Wildman–Crippen MR) is 112 cm³/mol. The van der Waals surface area contributed by atoms with Gasteiger partial charge < -0.3 is 31.9 Å². The van der Waals surface area contributed by atoms with Gasteiger partial charge in [0.2, 0.25) is 17.7 Å². The summed E-state index contributed by atoms with van der Waals surface area (Å²) in [6.07, 6.45) is 1.94. The van der Waals surface area contributed by atoms with Gasteiger partial charge in [0.05, 0.1) is 6.04 Å². The summed E-state index contributed by atoms with van der Waals surface area (Å²) in [6, 6.07) is -3.02. The molecule has 0 rings (SSSR count). The molecule has 30 heavy (non-hydrogen) atoms. The second-order valence-electron chi connectivity index (χ2n) is 7.18. The molecule has 0 fully saturated rings. The Hall–Kier alpha value is -2.34. The van der Waals surface area contributed by atoms with E-state index in [0.717, 1.165) is 0 Å². The number of amides is 3. The molecule has 11 nitrogen and oxygen atoms in total. The second kappa shape index (κ2) is 14.6. The van der Waals surface area contributed by atoms with Gasteiger partial charge in [0.1, 0.15) is 18.6 Å². The summed E-state index contributed by atoms with van der Waals surface area (Å²) in [5, 5.41) is 24.7. The zero-order valence-corrected chi connectivity index (χ0v) is 18.3. The van der Waals surface area contributed by atoms with Crippen molar-refractivity contribution in [3.05, 3.63) is 0 Å². The van der Waals surface area contributed by atoms with Gasteiger partial charge in [0.25, 0.3) is 0 Å². The molecule has 3 amide bonds. The normalized spacial score (nSPS) is 13.8. The molecule has 0 radical (unpaired) electrons. The average molecular weight is 449 g/mol. The lowest BCUT2D eigenvalue weighted by molar-refractivity contribution is -0.140. The third kappa shape index (κ3) is 12.3. The number of carboxylic acids is 2. The minimum atomic E-state index is -1.28. The van der Waals surface area contributed by atoms with Crippen LogP contribution < -0.4 is 21.7 Å². The number of carboxylic acid groups (broad SMARTS) is 2. The molecule has 172 valence electrons. The highest BCUT2D eigenvalue weighted by atomic mass is 32.2. The lowest BCUT2D eigenvalue weighted by Gasteiger charge is -2.25. The van der Waals surface area contributed by atoms with Gasteiger partial charge in [-0.3, -0.25) is 24.0 Å². The van der Waals surface area contributed by atoms with Crippen LogP contribution in [0.3, 0.4) is 0 Å².